The summed E-state index contributed by atoms with van der Waals surface area (Å²) in [5, 5.41) is 3.10. The molecule has 13 heavy (non-hydrogen) atoms. The van der Waals surface area contributed by atoms with Gasteiger partial charge < -0.3 is 10.2 Å². The summed E-state index contributed by atoms with van der Waals surface area (Å²) in [4.78, 5) is 13.5. The first-order valence-corrected chi connectivity index (χ1v) is 5.27. The first-order chi connectivity index (χ1) is 6.34. The van der Waals surface area contributed by atoms with E-state index >= 15 is 0 Å². The molecule has 0 aromatic rings. The van der Waals surface area contributed by atoms with Crippen LogP contribution in [0.4, 0.5) is 0 Å². The van der Waals surface area contributed by atoms with Crippen molar-refractivity contribution >= 4 is 5.91 Å². The quantitative estimate of drug-likeness (QED) is 0.661. The lowest BCUT2D eigenvalue weighted by atomic mass is 10.2. The van der Waals surface area contributed by atoms with Crippen LogP contribution in [0.15, 0.2) is 0 Å². The van der Waals surface area contributed by atoms with Gasteiger partial charge in [0.1, 0.15) is 0 Å². The van der Waals surface area contributed by atoms with E-state index in [-0.39, 0.29) is 0 Å². The molecule has 0 bridgehead atoms. The van der Waals surface area contributed by atoms with E-state index in [0.717, 1.165) is 38.9 Å². The SMILES string of the molecule is CNCCCN1CCCCCC1=O. The zero-order valence-electron chi connectivity index (χ0n) is 8.51. The van der Waals surface area contributed by atoms with Crippen molar-refractivity contribution in [1.82, 2.24) is 10.2 Å². The maximum absolute atomic E-state index is 11.5. The van der Waals surface area contributed by atoms with Crippen LogP contribution in [0.1, 0.15) is 32.1 Å². The molecule has 0 saturated carbocycles. The van der Waals surface area contributed by atoms with Gasteiger partial charge in [-0.05, 0) is 32.9 Å². The molecule has 0 aromatic heterocycles. The average Bonchev–Trinajstić information content (AvgIpc) is 2.32. The Labute approximate surface area is 80.5 Å². The van der Waals surface area contributed by atoms with Crippen LogP contribution >= 0.6 is 0 Å². The summed E-state index contributed by atoms with van der Waals surface area (Å²) in [6, 6.07) is 0. The van der Waals surface area contributed by atoms with Crippen LogP contribution in [-0.4, -0.2) is 37.5 Å². The molecular weight excluding hydrogens is 164 g/mol. The summed E-state index contributed by atoms with van der Waals surface area (Å²) in [7, 11) is 1.95. The molecular formula is C10H20N2O. The molecule has 1 fully saturated rings. The lowest BCUT2D eigenvalue weighted by molar-refractivity contribution is -0.130. The Morgan fingerprint density at radius 1 is 1.38 bits per heavy atom. The summed E-state index contributed by atoms with van der Waals surface area (Å²) in [5.74, 6) is 0.355. The smallest absolute Gasteiger partial charge is 0.222 e. The predicted octanol–water partition coefficient (Wildman–Crippen LogP) is 0.998. The van der Waals surface area contributed by atoms with Crippen LogP contribution in [0.3, 0.4) is 0 Å². The van der Waals surface area contributed by atoms with Gasteiger partial charge in [0.15, 0.2) is 0 Å². The molecule has 1 aliphatic heterocycles. The van der Waals surface area contributed by atoms with Gasteiger partial charge in [-0.25, -0.2) is 0 Å². The third kappa shape index (κ3) is 3.77. The molecule has 1 rings (SSSR count). The van der Waals surface area contributed by atoms with Crippen LogP contribution in [0, 0.1) is 0 Å². The van der Waals surface area contributed by atoms with Crippen molar-refractivity contribution in [3.8, 4) is 0 Å². The van der Waals surface area contributed by atoms with Gasteiger partial charge in [0.2, 0.25) is 5.91 Å². The second-order valence-corrected chi connectivity index (χ2v) is 3.65. The fourth-order valence-corrected chi connectivity index (χ4v) is 1.72. The van der Waals surface area contributed by atoms with Crippen molar-refractivity contribution in [3.63, 3.8) is 0 Å². The van der Waals surface area contributed by atoms with Crippen molar-refractivity contribution in [3.05, 3.63) is 0 Å². The molecule has 0 unspecified atom stereocenters. The van der Waals surface area contributed by atoms with Gasteiger partial charge in [-0.2, -0.15) is 0 Å². The highest BCUT2D eigenvalue weighted by Crippen LogP contribution is 2.10. The van der Waals surface area contributed by atoms with Gasteiger partial charge in [-0.15, -0.1) is 0 Å². The van der Waals surface area contributed by atoms with E-state index in [4.69, 9.17) is 0 Å². The van der Waals surface area contributed by atoms with Gasteiger partial charge in [-0.3, -0.25) is 4.79 Å². The van der Waals surface area contributed by atoms with Crippen LogP contribution in [0.2, 0.25) is 0 Å². The molecule has 0 spiro atoms. The van der Waals surface area contributed by atoms with Crippen LogP contribution in [0.25, 0.3) is 0 Å². The van der Waals surface area contributed by atoms with Crippen LogP contribution < -0.4 is 5.32 Å². The molecule has 0 atom stereocenters. The highest BCUT2D eigenvalue weighted by atomic mass is 16.2. The normalized spacial score (nSPS) is 18.8. The maximum Gasteiger partial charge on any atom is 0.222 e. The standard InChI is InChI=1S/C10H20N2O/c1-11-7-5-9-12-8-4-2-3-6-10(12)13/h11H,2-9H2,1H3. The molecule has 76 valence electrons. The van der Waals surface area contributed by atoms with Gasteiger partial charge in [0, 0.05) is 19.5 Å². The fourth-order valence-electron chi connectivity index (χ4n) is 1.72. The summed E-state index contributed by atoms with van der Waals surface area (Å²) in [6.07, 6.45) is 5.32. The third-order valence-electron chi connectivity index (χ3n) is 2.53. The number of hydrogen-bond donors (Lipinski definition) is 1. The number of hydrogen-bond acceptors (Lipinski definition) is 2. The molecule has 0 radical (unpaired) electrons. The first-order valence-electron chi connectivity index (χ1n) is 5.27. The minimum atomic E-state index is 0.355. The number of nitrogens with zero attached hydrogens (tertiary/aromatic N) is 1. The molecule has 1 saturated heterocycles. The average molecular weight is 184 g/mol. The van der Waals surface area contributed by atoms with Crippen molar-refractivity contribution in [1.29, 1.82) is 0 Å². The van der Waals surface area contributed by atoms with E-state index < -0.39 is 0 Å². The Bertz CT molecular complexity index is 159. The highest BCUT2D eigenvalue weighted by molar-refractivity contribution is 5.76. The maximum atomic E-state index is 11.5. The monoisotopic (exact) mass is 184 g/mol. The third-order valence-corrected chi connectivity index (χ3v) is 2.53. The van der Waals surface area contributed by atoms with Crippen molar-refractivity contribution in [2.45, 2.75) is 32.1 Å². The van der Waals surface area contributed by atoms with E-state index in [2.05, 4.69) is 5.32 Å². The Morgan fingerprint density at radius 3 is 3.00 bits per heavy atom. The topological polar surface area (TPSA) is 32.3 Å². The molecule has 3 heteroatoms. The van der Waals surface area contributed by atoms with Crippen molar-refractivity contribution in [2.24, 2.45) is 0 Å². The zero-order valence-corrected chi connectivity index (χ0v) is 8.51. The predicted molar refractivity (Wildman–Crippen MR) is 53.6 cm³/mol. The molecule has 1 N–H and O–H groups in total. The Balaban J connectivity index is 2.24. The van der Waals surface area contributed by atoms with Gasteiger partial charge >= 0.3 is 0 Å². The molecule has 1 aliphatic rings. The van der Waals surface area contributed by atoms with Crippen LogP contribution in [-0.2, 0) is 4.79 Å². The minimum Gasteiger partial charge on any atom is -0.343 e. The number of carbonyl (C=O) groups is 1. The van der Waals surface area contributed by atoms with E-state index in [9.17, 15) is 4.79 Å². The summed E-state index contributed by atoms with van der Waals surface area (Å²) in [6.45, 7) is 2.91. The van der Waals surface area contributed by atoms with Gasteiger partial charge in [0.25, 0.3) is 0 Å². The fraction of sp³-hybridized carbons (Fsp3) is 0.900. The minimum absolute atomic E-state index is 0.355. The van der Waals surface area contributed by atoms with Gasteiger partial charge in [-0.1, -0.05) is 6.42 Å². The van der Waals surface area contributed by atoms with Gasteiger partial charge in [0.05, 0.1) is 0 Å². The second kappa shape index (κ2) is 5.97. The number of likely N-dealkylation sites (tertiary alicyclic amines) is 1. The van der Waals surface area contributed by atoms with E-state index in [1.165, 1.54) is 12.8 Å². The number of carbonyl (C=O) groups excluding carboxylic acids is 1. The Morgan fingerprint density at radius 2 is 2.23 bits per heavy atom. The molecule has 0 aromatic carbocycles. The number of rotatable bonds is 4. The van der Waals surface area contributed by atoms with Crippen molar-refractivity contribution < 1.29 is 4.79 Å². The lowest BCUT2D eigenvalue weighted by Crippen LogP contribution is -2.32. The second-order valence-electron chi connectivity index (χ2n) is 3.65. The summed E-state index contributed by atoms with van der Waals surface area (Å²) >= 11 is 0. The van der Waals surface area contributed by atoms with E-state index in [1.807, 2.05) is 11.9 Å². The Kier molecular flexibility index (Phi) is 4.83. The van der Waals surface area contributed by atoms with Crippen LogP contribution in [0.5, 0.6) is 0 Å². The first kappa shape index (κ1) is 10.5. The lowest BCUT2D eigenvalue weighted by Gasteiger charge is -2.20. The largest absolute Gasteiger partial charge is 0.343 e. The molecule has 3 nitrogen and oxygen atoms in total. The van der Waals surface area contributed by atoms with Crippen molar-refractivity contribution in [2.75, 3.05) is 26.7 Å². The molecule has 1 heterocycles. The molecule has 0 aliphatic carbocycles. The van der Waals surface area contributed by atoms with E-state index in [1.54, 1.807) is 0 Å². The Hall–Kier alpha value is -0.570. The number of nitrogens with one attached hydrogen (secondary N) is 1. The highest BCUT2D eigenvalue weighted by Gasteiger charge is 2.15. The number of amides is 1. The van der Waals surface area contributed by atoms with E-state index in [0.29, 0.717) is 5.91 Å². The summed E-state index contributed by atoms with van der Waals surface area (Å²) < 4.78 is 0. The molecule has 1 amide bonds. The summed E-state index contributed by atoms with van der Waals surface area (Å²) in [5.41, 5.74) is 0. The zero-order chi connectivity index (χ0) is 9.52.